The molecule has 4 rings (SSSR count). The predicted octanol–water partition coefficient (Wildman–Crippen LogP) is 6.81. The predicted molar refractivity (Wildman–Crippen MR) is 112 cm³/mol. The molecule has 0 heterocycles. The number of hydrogen-bond acceptors (Lipinski definition) is 5. The SMILES string of the molecule is O=P(O)(Oc1ccc(/N=N/c2ccccc2)cc1)Oc1ccc2ccccc2c1. The first-order valence-electron chi connectivity index (χ1n) is 8.85. The van der Waals surface area contributed by atoms with Crippen LogP contribution in [-0.2, 0) is 4.57 Å². The first-order valence-corrected chi connectivity index (χ1v) is 10.3. The van der Waals surface area contributed by atoms with Crippen LogP contribution in [0.25, 0.3) is 10.8 Å². The lowest BCUT2D eigenvalue weighted by atomic mass is 10.1. The summed E-state index contributed by atoms with van der Waals surface area (Å²) < 4.78 is 22.7. The minimum Gasteiger partial charge on any atom is -0.395 e. The Bertz CT molecular complexity index is 1190. The van der Waals surface area contributed by atoms with Crippen LogP contribution in [0.15, 0.2) is 107 Å². The summed E-state index contributed by atoms with van der Waals surface area (Å²) in [6, 6.07) is 28.5. The Morgan fingerprint density at radius 1 is 0.621 bits per heavy atom. The van der Waals surface area contributed by atoms with E-state index in [1.54, 1.807) is 24.3 Å². The molecular weight excluding hydrogens is 387 g/mol. The van der Waals surface area contributed by atoms with Crippen molar-refractivity contribution in [2.75, 3.05) is 0 Å². The Kier molecular flexibility index (Phi) is 5.38. The van der Waals surface area contributed by atoms with E-state index in [2.05, 4.69) is 10.2 Å². The summed E-state index contributed by atoms with van der Waals surface area (Å²) in [5, 5.41) is 10.1. The molecule has 0 aliphatic rings. The van der Waals surface area contributed by atoms with Gasteiger partial charge in [-0.1, -0.05) is 48.5 Å². The first-order chi connectivity index (χ1) is 14.1. The van der Waals surface area contributed by atoms with E-state index < -0.39 is 7.82 Å². The third kappa shape index (κ3) is 5.08. The Morgan fingerprint density at radius 3 is 1.90 bits per heavy atom. The lowest BCUT2D eigenvalue weighted by Crippen LogP contribution is -1.99. The number of phosphoric acid groups is 1. The van der Waals surface area contributed by atoms with Crippen molar-refractivity contribution >= 4 is 30.0 Å². The molecule has 6 nitrogen and oxygen atoms in total. The number of rotatable bonds is 6. The normalized spacial score (nSPS) is 13.3. The van der Waals surface area contributed by atoms with E-state index in [-0.39, 0.29) is 11.5 Å². The van der Waals surface area contributed by atoms with Crippen molar-refractivity contribution < 1.29 is 18.5 Å². The minimum atomic E-state index is -4.35. The zero-order chi connectivity index (χ0) is 20.1. The molecule has 0 spiro atoms. The van der Waals surface area contributed by atoms with Crippen LogP contribution in [0.5, 0.6) is 11.5 Å². The number of azo groups is 1. The summed E-state index contributed by atoms with van der Waals surface area (Å²) in [6.07, 6.45) is 0. The molecule has 0 bridgehead atoms. The second-order valence-electron chi connectivity index (χ2n) is 6.19. The zero-order valence-electron chi connectivity index (χ0n) is 15.3. The maximum atomic E-state index is 12.4. The molecule has 0 aliphatic heterocycles. The highest BCUT2D eigenvalue weighted by Gasteiger charge is 2.25. The van der Waals surface area contributed by atoms with E-state index in [0.717, 1.165) is 16.5 Å². The van der Waals surface area contributed by atoms with Crippen molar-refractivity contribution in [3.63, 3.8) is 0 Å². The summed E-state index contributed by atoms with van der Waals surface area (Å²) >= 11 is 0. The zero-order valence-corrected chi connectivity index (χ0v) is 16.1. The van der Waals surface area contributed by atoms with Gasteiger partial charge in [-0.3, -0.25) is 4.89 Å². The van der Waals surface area contributed by atoms with Crippen molar-refractivity contribution in [2.24, 2.45) is 10.2 Å². The summed E-state index contributed by atoms with van der Waals surface area (Å²) in [5.74, 6) is 0.443. The van der Waals surface area contributed by atoms with Gasteiger partial charge in [-0.05, 0) is 59.3 Å². The highest BCUT2D eigenvalue weighted by molar-refractivity contribution is 7.48. The number of phosphoric ester groups is 1. The fraction of sp³-hybridized carbons (Fsp3) is 0. The topological polar surface area (TPSA) is 80.5 Å². The molecule has 1 N–H and O–H groups in total. The summed E-state index contributed by atoms with van der Waals surface area (Å²) in [6.45, 7) is 0. The van der Waals surface area contributed by atoms with Gasteiger partial charge in [0, 0.05) is 0 Å². The van der Waals surface area contributed by atoms with Crippen LogP contribution < -0.4 is 9.05 Å². The van der Waals surface area contributed by atoms with Crippen molar-refractivity contribution in [3.05, 3.63) is 97.1 Å². The van der Waals surface area contributed by atoms with Gasteiger partial charge in [-0.2, -0.15) is 10.2 Å². The molecule has 0 aliphatic carbocycles. The maximum Gasteiger partial charge on any atom is 0.584 e. The Labute approximate surface area is 167 Å². The summed E-state index contributed by atoms with van der Waals surface area (Å²) in [4.78, 5) is 10.1. The van der Waals surface area contributed by atoms with E-state index in [9.17, 15) is 9.46 Å². The third-order valence-corrected chi connectivity index (χ3v) is 4.92. The van der Waals surface area contributed by atoms with E-state index in [1.165, 1.54) is 12.1 Å². The standard InChI is InChI=1S/C22H17N2O4P/c25-29(26,28-22-13-10-17-6-4-5-7-18(17)16-22)27-21-14-11-20(12-15-21)24-23-19-8-2-1-3-9-19/h1-16H,(H,25,26)/b24-23+. The van der Waals surface area contributed by atoms with Crippen molar-refractivity contribution in [2.45, 2.75) is 0 Å². The molecule has 29 heavy (non-hydrogen) atoms. The van der Waals surface area contributed by atoms with Gasteiger partial charge in [0.15, 0.2) is 0 Å². The van der Waals surface area contributed by atoms with Gasteiger partial charge in [0.25, 0.3) is 0 Å². The fourth-order valence-corrected chi connectivity index (χ4v) is 3.50. The first kappa shape index (κ1) is 18.9. The number of benzene rings is 4. The largest absolute Gasteiger partial charge is 0.584 e. The van der Waals surface area contributed by atoms with Crippen LogP contribution in [0.2, 0.25) is 0 Å². The highest BCUT2D eigenvalue weighted by atomic mass is 31.2. The molecule has 0 fully saturated rings. The molecule has 7 heteroatoms. The van der Waals surface area contributed by atoms with Gasteiger partial charge in [-0.15, -0.1) is 0 Å². The van der Waals surface area contributed by atoms with Crippen LogP contribution >= 0.6 is 7.82 Å². The van der Waals surface area contributed by atoms with Gasteiger partial charge >= 0.3 is 7.82 Å². The van der Waals surface area contributed by atoms with Gasteiger partial charge in [0.1, 0.15) is 11.5 Å². The van der Waals surface area contributed by atoms with Crippen molar-refractivity contribution in [1.29, 1.82) is 0 Å². The third-order valence-electron chi connectivity index (χ3n) is 4.04. The quantitative estimate of drug-likeness (QED) is 0.283. The van der Waals surface area contributed by atoms with E-state index in [4.69, 9.17) is 9.05 Å². The van der Waals surface area contributed by atoms with E-state index in [1.807, 2.05) is 60.7 Å². The lowest BCUT2D eigenvalue weighted by Gasteiger charge is -2.14. The second kappa shape index (κ2) is 8.27. The van der Waals surface area contributed by atoms with Crippen LogP contribution in [0.3, 0.4) is 0 Å². The maximum absolute atomic E-state index is 12.4. The van der Waals surface area contributed by atoms with E-state index in [0.29, 0.717) is 5.69 Å². The molecule has 0 aromatic heterocycles. The summed E-state index contributed by atoms with van der Waals surface area (Å²) in [5.41, 5.74) is 1.32. The van der Waals surface area contributed by atoms with Crippen LogP contribution in [-0.4, -0.2) is 4.89 Å². The monoisotopic (exact) mass is 404 g/mol. The highest BCUT2D eigenvalue weighted by Crippen LogP contribution is 2.45. The van der Waals surface area contributed by atoms with Crippen LogP contribution in [0.1, 0.15) is 0 Å². The van der Waals surface area contributed by atoms with Gasteiger partial charge in [0.2, 0.25) is 0 Å². The smallest absolute Gasteiger partial charge is 0.395 e. The molecular formula is C22H17N2O4P. The average molecular weight is 404 g/mol. The molecule has 144 valence electrons. The molecule has 0 saturated heterocycles. The Hall–Kier alpha value is -3.47. The van der Waals surface area contributed by atoms with Crippen molar-refractivity contribution in [1.82, 2.24) is 0 Å². The average Bonchev–Trinajstić information content (AvgIpc) is 2.73. The van der Waals surface area contributed by atoms with Gasteiger partial charge in [-0.25, -0.2) is 4.57 Å². The van der Waals surface area contributed by atoms with Gasteiger partial charge < -0.3 is 9.05 Å². The molecule has 0 amide bonds. The number of fused-ring (bicyclic) bond motifs is 1. The lowest BCUT2D eigenvalue weighted by molar-refractivity contribution is 0.291. The molecule has 1 unspecified atom stereocenters. The van der Waals surface area contributed by atoms with E-state index >= 15 is 0 Å². The molecule has 0 saturated carbocycles. The van der Waals surface area contributed by atoms with Crippen LogP contribution in [0.4, 0.5) is 11.4 Å². The molecule has 4 aromatic carbocycles. The van der Waals surface area contributed by atoms with Crippen molar-refractivity contribution in [3.8, 4) is 11.5 Å². The molecule has 4 aromatic rings. The van der Waals surface area contributed by atoms with Crippen LogP contribution in [0, 0.1) is 0 Å². The number of nitrogens with zero attached hydrogens (tertiary/aromatic N) is 2. The Balaban J connectivity index is 1.43. The Morgan fingerprint density at radius 2 is 1.17 bits per heavy atom. The minimum absolute atomic E-state index is 0.190. The fourth-order valence-electron chi connectivity index (χ4n) is 2.69. The summed E-state index contributed by atoms with van der Waals surface area (Å²) in [7, 11) is -4.35. The molecule has 0 radical (unpaired) electrons. The molecule has 1 atom stereocenters. The number of hydrogen-bond donors (Lipinski definition) is 1. The van der Waals surface area contributed by atoms with Gasteiger partial charge in [0.05, 0.1) is 11.4 Å². The second-order valence-corrected chi connectivity index (χ2v) is 7.49.